The summed E-state index contributed by atoms with van der Waals surface area (Å²) in [6.45, 7) is 3.93. The van der Waals surface area contributed by atoms with Crippen molar-refractivity contribution < 1.29 is 14.3 Å². The van der Waals surface area contributed by atoms with Gasteiger partial charge >= 0.3 is 0 Å². The Hall–Kier alpha value is -2.24. The molecule has 0 spiro atoms. The summed E-state index contributed by atoms with van der Waals surface area (Å²) in [6, 6.07) is 16.6. The lowest BCUT2D eigenvalue weighted by atomic mass is 10.0. The fourth-order valence-electron chi connectivity index (χ4n) is 3.39. The summed E-state index contributed by atoms with van der Waals surface area (Å²) in [5, 5.41) is 14.5. The molecule has 0 saturated heterocycles. The number of rotatable bonds is 9. The van der Waals surface area contributed by atoms with Gasteiger partial charge in [0.15, 0.2) is 0 Å². The second-order valence-electron chi connectivity index (χ2n) is 7.10. The van der Waals surface area contributed by atoms with Crippen LogP contribution in [0.5, 0.6) is 0 Å². The van der Waals surface area contributed by atoms with Gasteiger partial charge in [0.1, 0.15) is 11.9 Å². The zero-order valence-electron chi connectivity index (χ0n) is 15.7. The molecule has 0 saturated carbocycles. The van der Waals surface area contributed by atoms with Crippen molar-refractivity contribution >= 4 is 5.71 Å². The Kier molecular flexibility index (Phi) is 6.96. The van der Waals surface area contributed by atoms with Gasteiger partial charge in [0.05, 0.1) is 11.8 Å². The molecule has 0 amide bonds. The monoisotopic (exact) mass is 370 g/mol. The lowest BCUT2D eigenvalue weighted by Crippen LogP contribution is -2.37. The van der Waals surface area contributed by atoms with Crippen LogP contribution in [-0.2, 0) is 11.4 Å². The summed E-state index contributed by atoms with van der Waals surface area (Å²) < 4.78 is 13.2. The van der Waals surface area contributed by atoms with Gasteiger partial charge in [-0.2, -0.15) is 0 Å². The highest BCUT2D eigenvalue weighted by atomic mass is 19.1. The summed E-state index contributed by atoms with van der Waals surface area (Å²) >= 11 is 0. The van der Waals surface area contributed by atoms with E-state index in [-0.39, 0.29) is 18.0 Å². The Balaban J connectivity index is 1.61. The zero-order valence-corrected chi connectivity index (χ0v) is 15.7. The molecule has 2 atom stereocenters. The predicted octanol–water partition coefficient (Wildman–Crippen LogP) is 3.98. The Labute approximate surface area is 160 Å². The highest BCUT2D eigenvalue weighted by Crippen LogP contribution is 2.19. The van der Waals surface area contributed by atoms with E-state index >= 15 is 0 Å². The Morgan fingerprint density at radius 2 is 1.93 bits per heavy atom. The molecule has 0 aromatic heterocycles. The minimum atomic E-state index is -0.383. The molecule has 1 aliphatic heterocycles. The van der Waals surface area contributed by atoms with Crippen molar-refractivity contribution in [2.75, 3.05) is 13.1 Å². The number of halogens is 1. The average Bonchev–Trinajstić information content (AvgIpc) is 3.13. The maximum atomic E-state index is 13.2. The van der Waals surface area contributed by atoms with E-state index in [1.807, 2.05) is 30.3 Å². The van der Waals surface area contributed by atoms with Crippen LogP contribution in [0.25, 0.3) is 0 Å². The maximum absolute atomic E-state index is 13.2. The van der Waals surface area contributed by atoms with E-state index in [0.717, 1.165) is 36.1 Å². The molecule has 1 heterocycles. The van der Waals surface area contributed by atoms with Crippen LogP contribution in [0.1, 0.15) is 37.3 Å². The van der Waals surface area contributed by atoms with Crippen LogP contribution in [0.15, 0.2) is 59.8 Å². The summed E-state index contributed by atoms with van der Waals surface area (Å²) in [7, 11) is 0. The zero-order chi connectivity index (χ0) is 19.1. The number of benzene rings is 2. The molecule has 27 heavy (non-hydrogen) atoms. The van der Waals surface area contributed by atoms with Crippen LogP contribution < -0.4 is 0 Å². The topological polar surface area (TPSA) is 45.1 Å². The number of aliphatic hydroxyl groups excluding tert-OH is 1. The quantitative estimate of drug-likeness (QED) is 0.726. The van der Waals surface area contributed by atoms with Gasteiger partial charge in [-0.3, -0.25) is 4.90 Å². The second-order valence-corrected chi connectivity index (χ2v) is 7.10. The van der Waals surface area contributed by atoms with Gasteiger partial charge in [0.2, 0.25) is 0 Å². The molecule has 0 aliphatic carbocycles. The minimum Gasteiger partial charge on any atom is -0.392 e. The van der Waals surface area contributed by atoms with Crippen molar-refractivity contribution in [2.24, 2.45) is 5.16 Å². The summed E-state index contributed by atoms with van der Waals surface area (Å²) in [4.78, 5) is 7.82. The van der Waals surface area contributed by atoms with E-state index in [9.17, 15) is 9.50 Å². The highest BCUT2D eigenvalue weighted by Gasteiger charge is 2.25. The van der Waals surface area contributed by atoms with E-state index in [4.69, 9.17) is 4.84 Å². The highest BCUT2D eigenvalue weighted by molar-refractivity contribution is 6.01. The lowest BCUT2D eigenvalue weighted by molar-refractivity contribution is 0.0305. The number of hydrogen-bond donors (Lipinski definition) is 1. The number of aliphatic hydroxyl groups is 1. The van der Waals surface area contributed by atoms with E-state index in [2.05, 4.69) is 17.0 Å². The van der Waals surface area contributed by atoms with E-state index in [1.54, 1.807) is 12.1 Å². The summed E-state index contributed by atoms with van der Waals surface area (Å²) in [5.74, 6) is -0.239. The van der Waals surface area contributed by atoms with Gasteiger partial charge < -0.3 is 9.94 Å². The fraction of sp³-hybridized carbons (Fsp3) is 0.409. The third-order valence-electron chi connectivity index (χ3n) is 4.71. The SMILES string of the molecule is CCC[C@@H](O)CN(Cc1ccc(F)cc1)C[C@@H]1CC(c2ccccc2)=NO1. The Morgan fingerprint density at radius 1 is 1.19 bits per heavy atom. The molecule has 0 unspecified atom stereocenters. The molecule has 2 aromatic rings. The van der Waals surface area contributed by atoms with Crippen LogP contribution >= 0.6 is 0 Å². The van der Waals surface area contributed by atoms with E-state index in [1.165, 1.54) is 12.1 Å². The third-order valence-corrected chi connectivity index (χ3v) is 4.71. The van der Waals surface area contributed by atoms with Crippen LogP contribution in [0.2, 0.25) is 0 Å². The molecule has 1 aliphatic rings. The molecule has 1 N–H and O–H groups in total. The standard InChI is InChI=1S/C22H27FN2O2/c1-2-6-20(26)15-25(14-17-9-11-19(23)12-10-17)16-21-13-22(24-27-21)18-7-4-3-5-8-18/h3-5,7-12,20-21,26H,2,6,13-16H2,1H3/t20-,21+/m1/s1. The molecule has 0 radical (unpaired) electrons. The largest absolute Gasteiger partial charge is 0.392 e. The van der Waals surface area contributed by atoms with Gasteiger partial charge in [-0.15, -0.1) is 0 Å². The number of hydrogen-bond acceptors (Lipinski definition) is 4. The first kappa shape index (κ1) is 19.5. The predicted molar refractivity (Wildman–Crippen MR) is 105 cm³/mol. The Morgan fingerprint density at radius 3 is 2.63 bits per heavy atom. The van der Waals surface area contributed by atoms with E-state index in [0.29, 0.717) is 19.6 Å². The fourth-order valence-corrected chi connectivity index (χ4v) is 3.39. The molecule has 0 bridgehead atoms. The van der Waals surface area contributed by atoms with Crippen molar-refractivity contribution in [3.05, 3.63) is 71.5 Å². The average molecular weight is 370 g/mol. The summed E-state index contributed by atoms with van der Waals surface area (Å²) in [5.41, 5.74) is 3.05. The molecule has 2 aromatic carbocycles. The van der Waals surface area contributed by atoms with Crippen LogP contribution in [0.4, 0.5) is 4.39 Å². The molecule has 3 rings (SSSR count). The van der Waals surface area contributed by atoms with Crippen LogP contribution in [-0.4, -0.2) is 41.0 Å². The number of nitrogens with zero attached hydrogens (tertiary/aromatic N) is 2. The van der Waals surface area contributed by atoms with Crippen molar-refractivity contribution in [1.29, 1.82) is 0 Å². The molecular formula is C22H27FN2O2. The van der Waals surface area contributed by atoms with Crippen molar-refractivity contribution in [1.82, 2.24) is 4.90 Å². The van der Waals surface area contributed by atoms with Gasteiger partial charge in [0, 0.05) is 26.1 Å². The van der Waals surface area contributed by atoms with E-state index < -0.39 is 0 Å². The summed E-state index contributed by atoms with van der Waals surface area (Å²) in [6.07, 6.45) is 2.01. The molecular weight excluding hydrogens is 343 g/mol. The van der Waals surface area contributed by atoms with Crippen molar-refractivity contribution in [3.63, 3.8) is 0 Å². The van der Waals surface area contributed by atoms with Gasteiger partial charge in [-0.25, -0.2) is 4.39 Å². The molecule has 4 nitrogen and oxygen atoms in total. The van der Waals surface area contributed by atoms with Crippen molar-refractivity contribution in [3.8, 4) is 0 Å². The normalized spacial score (nSPS) is 17.6. The molecule has 5 heteroatoms. The third kappa shape index (κ3) is 5.88. The van der Waals surface area contributed by atoms with Crippen LogP contribution in [0.3, 0.4) is 0 Å². The molecule has 0 fully saturated rings. The lowest BCUT2D eigenvalue weighted by Gasteiger charge is -2.27. The first-order chi connectivity index (χ1) is 13.1. The first-order valence-electron chi connectivity index (χ1n) is 9.57. The van der Waals surface area contributed by atoms with Gasteiger partial charge in [0.25, 0.3) is 0 Å². The van der Waals surface area contributed by atoms with Gasteiger partial charge in [-0.05, 0) is 29.7 Å². The number of oxime groups is 1. The van der Waals surface area contributed by atoms with Crippen molar-refractivity contribution in [2.45, 2.75) is 44.9 Å². The van der Waals surface area contributed by atoms with Gasteiger partial charge in [-0.1, -0.05) is 61.0 Å². The van der Waals surface area contributed by atoms with Crippen LogP contribution in [0, 0.1) is 5.82 Å². The smallest absolute Gasteiger partial charge is 0.145 e. The first-order valence-corrected chi connectivity index (χ1v) is 9.57. The maximum Gasteiger partial charge on any atom is 0.145 e. The Bertz CT molecular complexity index is 734. The second kappa shape index (κ2) is 9.62. The molecule has 144 valence electrons. The minimum absolute atomic E-state index is 0.0468.